The number of hydrogen-bond donors (Lipinski definition) is 5. The molecule has 19 heavy (non-hydrogen) atoms. The predicted octanol–water partition coefficient (Wildman–Crippen LogP) is 0.917. The number of aliphatic hydroxyl groups excluding tert-OH is 1. The van der Waals surface area contributed by atoms with E-state index in [-0.39, 0.29) is 24.5 Å². The Kier molecular flexibility index (Phi) is 5.94. The number of carboxylic acids is 1. The van der Waals surface area contributed by atoms with Gasteiger partial charge in [-0.2, -0.15) is 0 Å². The molecule has 0 aliphatic carbocycles. The van der Waals surface area contributed by atoms with Crippen molar-refractivity contribution in [1.29, 1.82) is 0 Å². The van der Waals surface area contributed by atoms with Gasteiger partial charge in [0.1, 0.15) is 0 Å². The number of phenols is 2. The summed E-state index contributed by atoms with van der Waals surface area (Å²) in [5.41, 5.74) is 0.458. The molecule has 0 aliphatic rings. The molecule has 1 atom stereocenters. The molecule has 0 fully saturated rings. The van der Waals surface area contributed by atoms with Crippen LogP contribution in [-0.4, -0.2) is 45.7 Å². The first kappa shape index (κ1) is 15.6. The number of phenolic OH excluding ortho intramolecular Hbond substituents is 2. The number of thioether (sulfide) groups is 1. The molecule has 1 rings (SSSR count). The van der Waals surface area contributed by atoms with Gasteiger partial charge in [-0.15, -0.1) is 11.8 Å². The Labute approximate surface area is 115 Å². The highest BCUT2D eigenvalue weighted by atomic mass is 32.2. The van der Waals surface area contributed by atoms with Gasteiger partial charge >= 0.3 is 5.97 Å². The van der Waals surface area contributed by atoms with Crippen molar-refractivity contribution in [2.45, 2.75) is 17.4 Å². The molecule has 0 aromatic heterocycles. The van der Waals surface area contributed by atoms with Crippen molar-refractivity contribution in [3.63, 3.8) is 0 Å². The first-order valence-corrected chi connectivity index (χ1v) is 6.67. The van der Waals surface area contributed by atoms with E-state index in [9.17, 15) is 20.1 Å². The molecular formula is C12H17NO5S. The van der Waals surface area contributed by atoms with E-state index in [4.69, 9.17) is 5.11 Å². The molecule has 0 saturated heterocycles. The molecule has 1 unspecified atom stereocenters. The van der Waals surface area contributed by atoms with Crippen LogP contribution in [0.15, 0.2) is 17.0 Å². The summed E-state index contributed by atoms with van der Waals surface area (Å²) in [6.07, 6.45) is -0.864. The topological polar surface area (TPSA) is 110 Å². The van der Waals surface area contributed by atoms with E-state index < -0.39 is 12.1 Å². The smallest absolute Gasteiger partial charge is 0.304 e. The molecule has 0 saturated carbocycles. The standard InChI is InChI=1S/C12H17NO5S/c1-13-6-10(16)7-4-8(14)9(15)5-11(7)19-3-2-12(17)18/h4-5,10,13-16H,2-3,6H2,1H3,(H,17,18). The number of likely N-dealkylation sites (N-methyl/N-ethyl adjacent to an activating group) is 1. The molecule has 1 aromatic carbocycles. The van der Waals surface area contributed by atoms with Crippen molar-refractivity contribution in [2.24, 2.45) is 0 Å². The number of aliphatic carboxylic acids is 1. The van der Waals surface area contributed by atoms with Crippen molar-refractivity contribution >= 4 is 17.7 Å². The van der Waals surface area contributed by atoms with Crippen LogP contribution in [0.5, 0.6) is 11.5 Å². The molecule has 0 spiro atoms. The minimum absolute atomic E-state index is 0.0200. The normalized spacial score (nSPS) is 12.3. The maximum atomic E-state index is 10.5. The number of carboxylic acid groups (broad SMARTS) is 1. The highest BCUT2D eigenvalue weighted by Gasteiger charge is 2.16. The number of benzene rings is 1. The van der Waals surface area contributed by atoms with Crippen molar-refractivity contribution < 1.29 is 25.2 Å². The monoisotopic (exact) mass is 287 g/mol. The number of aliphatic hydroxyl groups is 1. The van der Waals surface area contributed by atoms with Crippen LogP contribution in [0.25, 0.3) is 0 Å². The lowest BCUT2D eigenvalue weighted by molar-refractivity contribution is -0.136. The van der Waals surface area contributed by atoms with E-state index in [1.54, 1.807) is 7.05 Å². The molecule has 5 N–H and O–H groups in total. The molecular weight excluding hydrogens is 270 g/mol. The third-order valence-corrected chi connectivity index (χ3v) is 3.51. The Morgan fingerprint density at radius 3 is 2.58 bits per heavy atom. The molecule has 0 heterocycles. The molecule has 7 heteroatoms. The molecule has 106 valence electrons. The molecule has 0 aliphatic heterocycles. The van der Waals surface area contributed by atoms with Crippen LogP contribution in [0, 0.1) is 0 Å². The highest BCUT2D eigenvalue weighted by molar-refractivity contribution is 7.99. The van der Waals surface area contributed by atoms with Crippen molar-refractivity contribution in [3.8, 4) is 11.5 Å². The predicted molar refractivity (Wildman–Crippen MR) is 71.6 cm³/mol. The molecule has 1 aromatic rings. The fourth-order valence-corrected chi connectivity index (χ4v) is 2.56. The summed E-state index contributed by atoms with van der Waals surface area (Å²) in [6, 6.07) is 2.62. The summed E-state index contributed by atoms with van der Waals surface area (Å²) >= 11 is 1.21. The quantitative estimate of drug-likeness (QED) is 0.374. The average molecular weight is 287 g/mol. The summed E-state index contributed by atoms with van der Waals surface area (Å²) in [7, 11) is 1.68. The summed E-state index contributed by atoms with van der Waals surface area (Å²) in [5, 5.41) is 40.3. The van der Waals surface area contributed by atoms with Crippen LogP contribution in [0.3, 0.4) is 0 Å². The Bertz CT molecular complexity index is 452. The zero-order valence-electron chi connectivity index (χ0n) is 10.5. The number of rotatable bonds is 7. The second-order valence-electron chi connectivity index (χ2n) is 3.94. The summed E-state index contributed by atoms with van der Waals surface area (Å²) in [4.78, 5) is 11.0. The van der Waals surface area contributed by atoms with E-state index in [2.05, 4.69) is 5.32 Å². The first-order valence-electron chi connectivity index (χ1n) is 5.68. The number of aromatic hydroxyl groups is 2. The summed E-state index contributed by atoms with van der Waals surface area (Å²) < 4.78 is 0. The number of carbonyl (C=O) groups is 1. The maximum absolute atomic E-state index is 10.5. The third-order valence-electron chi connectivity index (χ3n) is 2.44. The zero-order valence-corrected chi connectivity index (χ0v) is 11.3. The number of hydrogen-bond acceptors (Lipinski definition) is 6. The van der Waals surface area contributed by atoms with Crippen LogP contribution < -0.4 is 5.32 Å². The lowest BCUT2D eigenvalue weighted by Crippen LogP contribution is -2.17. The lowest BCUT2D eigenvalue weighted by atomic mass is 10.1. The van der Waals surface area contributed by atoms with Gasteiger partial charge in [0.05, 0.1) is 12.5 Å². The van der Waals surface area contributed by atoms with E-state index >= 15 is 0 Å². The van der Waals surface area contributed by atoms with Crippen LogP contribution in [0.1, 0.15) is 18.1 Å². The highest BCUT2D eigenvalue weighted by Crippen LogP contribution is 2.36. The van der Waals surface area contributed by atoms with Gasteiger partial charge in [-0.3, -0.25) is 4.79 Å². The molecule has 6 nitrogen and oxygen atoms in total. The van der Waals surface area contributed by atoms with Crippen molar-refractivity contribution in [1.82, 2.24) is 5.32 Å². The summed E-state index contributed by atoms with van der Waals surface area (Å²) in [6.45, 7) is 0.288. The zero-order chi connectivity index (χ0) is 14.4. The molecule has 0 bridgehead atoms. The first-order chi connectivity index (χ1) is 8.95. The van der Waals surface area contributed by atoms with Gasteiger partial charge in [0, 0.05) is 17.2 Å². The van der Waals surface area contributed by atoms with Crippen LogP contribution in [0.2, 0.25) is 0 Å². The van der Waals surface area contributed by atoms with Crippen molar-refractivity contribution in [2.75, 3.05) is 19.3 Å². The third kappa shape index (κ3) is 4.62. The van der Waals surface area contributed by atoms with E-state index in [1.807, 2.05) is 0 Å². The maximum Gasteiger partial charge on any atom is 0.304 e. The fourth-order valence-electron chi connectivity index (χ4n) is 1.51. The summed E-state index contributed by atoms with van der Waals surface area (Å²) in [5.74, 6) is -1.20. The van der Waals surface area contributed by atoms with Gasteiger partial charge in [0.15, 0.2) is 11.5 Å². The van der Waals surface area contributed by atoms with Gasteiger partial charge in [-0.1, -0.05) is 0 Å². The van der Waals surface area contributed by atoms with Crippen LogP contribution in [-0.2, 0) is 4.79 Å². The fraction of sp³-hybridized carbons (Fsp3) is 0.417. The van der Waals surface area contributed by atoms with Crippen molar-refractivity contribution in [3.05, 3.63) is 17.7 Å². The average Bonchev–Trinajstić information content (AvgIpc) is 2.33. The Balaban J connectivity index is 2.92. The lowest BCUT2D eigenvalue weighted by Gasteiger charge is -2.16. The number of nitrogens with one attached hydrogen (secondary N) is 1. The van der Waals surface area contributed by atoms with E-state index in [0.717, 1.165) is 0 Å². The molecule has 0 radical (unpaired) electrons. The van der Waals surface area contributed by atoms with E-state index in [1.165, 1.54) is 23.9 Å². The Morgan fingerprint density at radius 1 is 1.37 bits per heavy atom. The van der Waals surface area contributed by atoms with Crippen LogP contribution in [0.4, 0.5) is 0 Å². The van der Waals surface area contributed by atoms with Gasteiger partial charge in [-0.05, 0) is 24.7 Å². The van der Waals surface area contributed by atoms with Gasteiger partial charge in [-0.25, -0.2) is 0 Å². The Hall–Kier alpha value is -1.44. The van der Waals surface area contributed by atoms with Gasteiger partial charge in [0.2, 0.25) is 0 Å². The van der Waals surface area contributed by atoms with Crippen LogP contribution >= 0.6 is 11.8 Å². The van der Waals surface area contributed by atoms with Gasteiger partial charge in [0.25, 0.3) is 0 Å². The Morgan fingerprint density at radius 2 is 2.00 bits per heavy atom. The molecule has 0 amide bonds. The van der Waals surface area contributed by atoms with E-state index in [0.29, 0.717) is 16.2 Å². The van der Waals surface area contributed by atoms with Gasteiger partial charge < -0.3 is 25.7 Å². The second kappa shape index (κ2) is 7.22. The second-order valence-corrected chi connectivity index (χ2v) is 5.08. The minimum atomic E-state index is -0.909. The minimum Gasteiger partial charge on any atom is -0.504 e. The SMILES string of the molecule is CNCC(O)c1cc(O)c(O)cc1SCCC(=O)O. The largest absolute Gasteiger partial charge is 0.504 e.